The number of nitrogens with zero attached hydrogens (tertiary/aromatic N) is 1. The van der Waals surface area contributed by atoms with Crippen molar-refractivity contribution in [3.05, 3.63) is 41.7 Å². The van der Waals surface area contributed by atoms with E-state index in [1.165, 1.54) is 0 Å². The number of hydrogen-bond donors (Lipinski definition) is 3. The van der Waals surface area contributed by atoms with E-state index < -0.39 is 6.10 Å². The number of aromatic amines is 1. The van der Waals surface area contributed by atoms with Crippen molar-refractivity contribution in [3.8, 4) is 5.75 Å². The first kappa shape index (κ1) is 10.5. The molecule has 0 aliphatic heterocycles. The number of anilines is 1. The molecule has 1 heterocycles. The second-order valence-electron chi connectivity index (χ2n) is 3.43. The summed E-state index contributed by atoms with van der Waals surface area (Å²) in [5.74, 6) is 0.659. The molecule has 84 valence electrons. The number of nitrogens with two attached hydrogens (primary N) is 1. The van der Waals surface area contributed by atoms with Gasteiger partial charge in [0.1, 0.15) is 11.9 Å². The molecular formula is C11H13N3O2. The minimum atomic E-state index is -0.797. The van der Waals surface area contributed by atoms with Gasteiger partial charge in [-0.25, -0.2) is 0 Å². The molecule has 5 nitrogen and oxygen atoms in total. The Balaban J connectivity index is 2.39. The molecular weight excluding hydrogens is 206 g/mol. The zero-order valence-corrected chi connectivity index (χ0v) is 8.84. The first-order valence-electron chi connectivity index (χ1n) is 4.82. The van der Waals surface area contributed by atoms with Gasteiger partial charge in [0, 0.05) is 23.0 Å². The average Bonchev–Trinajstić information content (AvgIpc) is 2.82. The van der Waals surface area contributed by atoms with Crippen LogP contribution in [0, 0.1) is 0 Å². The van der Waals surface area contributed by atoms with Crippen LogP contribution in [0.4, 0.5) is 5.69 Å². The van der Waals surface area contributed by atoms with Gasteiger partial charge in [-0.1, -0.05) is 0 Å². The van der Waals surface area contributed by atoms with E-state index in [0.717, 1.165) is 0 Å². The topological polar surface area (TPSA) is 84.2 Å². The molecule has 0 saturated heterocycles. The molecule has 0 radical (unpaired) electrons. The molecule has 4 N–H and O–H groups in total. The zero-order chi connectivity index (χ0) is 11.5. The van der Waals surface area contributed by atoms with Crippen LogP contribution in [-0.2, 0) is 0 Å². The average molecular weight is 219 g/mol. The van der Waals surface area contributed by atoms with Gasteiger partial charge >= 0.3 is 0 Å². The van der Waals surface area contributed by atoms with Crippen LogP contribution in [0.2, 0.25) is 0 Å². The van der Waals surface area contributed by atoms with Crippen molar-refractivity contribution in [1.29, 1.82) is 0 Å². The maximum Gasteiger partial charge on any atom is 0.119 e. The smallest absolute Gasteiger partial charge is 0.119 e. The van der Waals surface area contributed by atoms with Gasteiger partial charge in [-0.15, -0.1) is 0 Å². The Hall–Kier alpha value is -2.01. The molecule has 0 aliphatic rings. The first-order chi connectivity index (χ1) is 7.72. The molecule has 2 aromatic rings. The number of benzene rings is 1. The van der Waals surface area contributed by atoms with Crippen molar-refractivity contribution in [3.63, 3.8) is 0 Å². The third-order valence-corrected chi connectivity index (χ3v) is 2.42. The summed E-state index contributed by atoms with van der Waals surface area (Å²) < 4.78 is 5.09. The fourth-order valence-electron chi connectivity index (χ4n) is 1.51. The predicted molar refractivity (Wildman–Crippen MR) is 60.1 cm³/mol. The number of hydrogen-bond acceptors (Lipinski definition) is 4. The minimum Gasteiger partial charge on any atom is -0.497 e. The molecule has 0 bridgehead atoms. The molecule has 0 amide bonds. The highest BCUT2D eigenvalue weighted by atomic mass is 16.5. The molecule has 16 heavy (non-hydrogen) atoms. The third-order valence-electron chi connectivity index (χ3n) is 2.42. The number of nitrogen functional groups attached to an aromatic ring is 1. The number of ether oxygens (including phenoxy) is 1. The van der Waals surface area contributed by atoms with Gasteiger partial charge in [0.15, 0.2) is 0 Å². The second kappa shape index (κ2) is 4.24. The van der Waals surface area contributed by atoms with Gasteiger partial charge in [0.05, 0.1) is 13.3 Å². The lowest BCUT2D eigenvalue weighted by Gasteiger charge is -2.13. The Labute approximate surface area is 92.9 Å². The normalized spacial score (nSPS) is 12.4. The van der Waals surface area contributed by atoms with E-state index >= 15 is 0 Å². The Morgan fingerprint density at radius 3 is 2.94 bits per heavy atom. The number of H-pyrrole nitrogens is 1. The van der Waals surface area contributed by atoms with E-state index in [1.54, 1.807) is 37.7 Å². The van der Waals surface area contributed by atoms with Crippen molar-refractivity contribution in [2.75, 3.05) is 12.8 Å². The lowest BCUT2D eigenvalue weighted by Crippen LogP contribution is -2.03. The molecule has 5 heteroatoms. The summed E-state index contributed by atoms with van der Waals surface area (Å²) in [6, 6.07) is 5.17. The number of aliphatic hydroxyl groups is 1. The van der Waals surface area contributed by atoms with Gasteiger partial charge in [0.2, 0.25) is 0 Å². The van der Waals surface area contributed by atoms with E-state index in [-0.39, 0.29) is 0 Å². The highest BCUT2D eigenvalue weighted by Crippen LogP contribution is 2.29. The molecule has 0 aliphatic carbocycles. The van der Waals surface area contributed by atoms with Gasteiger partial charge in [-0.3, -0.25) is 5.10 Å². The van der Waals surface area contributed by atoms with Crippen LogP contribution in [0.15, 0.2) is 30.6 Å². The van der Waals surface area contributed by atoms with E-state index in [4.69, 9.17) is 10.5 Å². The van der Waals surface area contributed by atoms with Crippen LogP contribution in [0.1, 0.15) is 17.2 Å². The van der Waals surface area contributed by atoms with Crippen LogP contribution in [-0.4, -0.2) is 22.4 Å². The van der Waals surface area contributed by atoms with Crippen LogP contribution < -0.4 is 10.5 Å². The maximum absolute atomic E-state index is 10.1. The van der Waals surface area contributed by atoms with E-state index in [2.05, 4.69) is 10.2 Å². The maximum atomic E-state index is 10.1. The number of methoxy groups -OCH3 is 1. The van der Waals surface area contributed by atoms with Gasteiger partial charge in [-0.05, 0) is 18.2 Å². The predicted octanol–water partition coefficient (Wildman–Crippen LogP) is 1.08. The van der Waals surface area contributed by atoms with Crippen molar-refractivity contribution < 1.29 is 9.84 Å². The van der Waals surface area contributed by atoms with E-state index in [0.29, 0.717) is 22.6 Å². The Morgan fingerprint density at radius 2 is 2.31 bits per heavy atom. The largest absolute Gasteiger partial charge is 0.497 e. The molecule has 2 rings (SSSR count). The molecule has 1 unspecified atom stereocenters. The van der Waals surface area contributed by atoms with Crippen LogP contribution in [0.25, 0.3) is 0 Å². The van der Waals surface area contributed by atoms with Crippen molar-refractivity contribution >= 4 is 5.69 Å². The lowest BCUT2D eigenvalue weighted by atomic mass is 10.0. The summed E-state index contributed by atoms with van der Waals surface area (Å²) in [6.45, 7) is 0. The van der Waals surface area contributed by atoms with Crippen LogP contribution >= 0.6 is 0 Å². The Morgan fingerprint density at radius 1 is 1.50 bits per heavy atom. The quantitative estimate of drug-likeness (QED) is 0.674. The standard InChI is InChI=1S/C11H13N3O2/c1-16-8-2-3-10(12)9(4-8)11(15)7-5-13-14-6-7/h2-6,11,15H,12H2,1H3,(H,13,14). The second-order valence-corrected chi connectivity index (χ2v) is 3.43. The summed E-state index contributed by atoms with van der Waals surface area (Å²) >= 11 is 0. The van der Waals surface area contributed by atoms with Gasteiger partial charge in [0.25, 0.3) is 0 Å². The number of nitrogens with one attached hydrogen (secondary N) is 1. The van der Waals surface area contributed by atoms with Crippen LogP contribution in [0.5, 0.6) is 5.75 Å². The van der Waals surface area contributed by atoms with E-state index in [9.17, 15) is 5.11 Å². The number of aliphatic hydroxyl groups excluding tert-OH is 1. The van der Waals surface area contributed by atoms with Crippen molar-refractivity contribution in [1.82, 2.24) is 10.2 Å². The molecule has 1 atom stereocenters. The molecule has 0 saturated carbocycles. The zero-order valence-electron chi connectivity index (χ0n) is 8.84. The van der Waals surface area contributed by atoms with Crippen molar-refractivity contribution in [2.45, 2.75) is 6.10 Å². The number of rotatable bonds is 3. The molecule has 1 aromatic carbocycles. The van der Waals surface area contributed by atoms with Crippen LogP contribution in [0.3, 0.4) is 0 Å². The fourth-order valence-corrected chi connectivity index (χ4v) is 1.51. The molecule has 0 fully saturated rings. The first-order valence-corrected chi connectivity index (χ1v) is 4.82. The SMILES string of the molecule is COc1ccc(N)c(C(O)c2cn[nH]c2)c1. The lowest BCUT2D eigenvalue weighted by molar-refractivity contribution is 0.220. The number of aromatic nitrogens is 2. The Kier molecular flexibility index (Phi) is 2.78. The van der Waals surface area contributed by atoms with E-state index in [1.807, 2.05) is 0 Å². The minimum absolute atomic E-state index is 0.523. The molecule has 1 aromatic heterocycles. The Bertz CT molecular complexity index is 468. The summed E-state index contributed by atoms with van der Waals surface area (Å²) in [5, 5.41) is 16.5. The van der Waals surface area contributed by atoms with Crippen molar-refractivity contribution in [2.24, 2.45) is 0 Å². The van der Waals surface area contributed by atoms with Gasteiger partial charge < -0.3 is 15.6 Å². The summed E-state index contributed by atoms with van der Waals surface area (Å²) in [4.78, 5) is 0. The fraction of sp³-hybridized carbons (Fsp3) is 0.182. The highest BCUT2D eigenvalue weighted by Gasteiger charge is 2.15. The third kappa shape index (κ3) is 1.85. The summed E-state index contributed by atoms with van der Waals surface area (Å²) in [6.07, 6.45) is 2.39. The summed E-state index contributed by atoms with van der Waals surface area (Å²) in [7, 11) is 1.57. The highest BCUT2D eigenvalue weighted by molar-refractivity contribution is 5.53. The van der Waals surface area contributed by atoms with Gasteiger partial charge in [-0.2, -0.15) is 5.10 Å². The molecule has 0 spiro atoms. The summed E-state index contributed by atoms with van der Waals surface area (Å²) in [5.41, 5.74) is 7.61. The monoisotopic (exact) mass is 219 g/mol.